The molecule has 0 heterocycles. The third-order valence-electron chi connectivity index (χ3n) is 2.96. The van der Waals surface area contributed by atoms with Crippen molar-refractivity contribution in [1.82, 2.24) is 0 Å². The SMILES string of the molecule is CCOc1ccc(C(=O)Oc2ccccc2C(=O)OC)cc1Br. The summed E-state index contributed by atoms with van der Waals surface area (Å²) in [6, 6.07) is 11.3. The molecule has 0 fully saturated rings. The van der Waals surface area contributed by atoms with E-state index in [0.717, 1.165) is 0 Å². The van der Waals surface area contributed by atoms with Crippen LogP contribution in [0.1, 0.15) is 27.6 Å². The second-order valence-electron chi connectivity index (χ2n) is 4.46. The van der Waals surface area contributed by atoms with Crippen molar-refractivity contribution in [2.45, 2.75) is 6.92 Å². The first-order valence-electron chi connectivity index (χ1n) is 6.88. The van der Waals surface area contributed by atoms with Gasteiger partial charge in [-0.2, -0.15) is 0 Å². The number of benzene rings is 2. The Morgan fingerprint density at radius 2 is 1.78 bits per heavy atom. The summed E-state index contributed by atoms with van der Waals surface area (Å²) in [5.74, 6) is -0.361. The maximum absolute atomic E-state index is 12.3. The monoisotopic (exact) mass is 378 g/mol. The smallest absolute Gasteiger partial charge is 0.343 e. The zero-order valence-electron chi connectivity index (χ0n) is 12.7. The lowest BCUT2D eigenvalue weighted by Gasteiger charge is -2.10. The maximum atomic E-state index is 12.3. The average Bonchev–Trinajstić information content (AvgIpc) is 2.56. The number of methoxy groups -OCH3 is 1. The molecule has 2 rings (SSSR count). The van der Waals surface area contributed by atoms with E-state index in [-0.39, 0.29) is 11.3 Å². The Kier molecular flexibility index (Phi) is 5.76. The third kappa shape index (κ3) is 4.10. The number of halogens is 1. The second-order valence-corrected chi connectivity index (χ2v) is 5.31. The molecule has 0 aliphatic rings. The van der Waals surface area contributed by atoms with Crippen molar-refractivity contribution in [1.29, 1.82) is 0 Å². The van der Waals surface area contributed by atoms with E-state index in [2.05, 4.69) is 20.7 Å². The molecule has 0 bridgehead atoms. The van der Waals surface area contributed by atoms with E-state index >= 15 is 0 Å². The van der Waals surface area contributed by atoms with Crippen molar-refractivity contribution < 1.29 is 23.8 Å². The Bertz CT molecular complexity index is 727. The molecule has 0 saturated carbocycles. The molecule has 120 valence electrons. The molecule has 0 aliphatic carbocycles. The molecule has 2 aromatic rings. The first-order valence-corrected chi connectivity index (χ1v) is 7.68. The first kappa shape index (κ1) is 17.0. The number of ether oxygens (including phenoxy) is 3. The van der Waals surface area contributed by atoms with Crippen LogP contribution in [0.4, 0.5) is 0 Å². The Labute approximate surface area is 142 Å². The summed E-state index contributed by atoms with van der Waals surface area (Å²) in [5, 5.41) is 0. The first-order chi connectivity index (χ1) is 11.1. The number of hydrogen-bond acceptors (Lipinski definition) is 5. The molecule has 0 spiro atoms. The van der Waals surface area contributed by atoms with Gasteiger partial charge >= 0.3 is 11.9 Å². The van der Waals surface area contributed by atoms with E-state index in [4.69, 9.17) is 9.47 Å². The molecule has 0 saturated heterocycles. The zero-order valence-corrected chi connectivity index (χ0v) is 14.3. The van der Waals surface area contributed by atoms with Gasteiger partial charge in [0.2, 0.25) is 0 Å². The highest BCUT2D eigenvalue weighted by Crippen LogP contribution is 2.27. The van der Waals surface area contributed by atoms with Crippen LogP contribution < -0.4 is 9.47 Å². The quantitative estimate of drug-likeness (QED) is 0.583. The maximum Gasteiger partial charge on any atom is 0.343 e. The van der Waals surface area contributed by atoms with Crippen LogP contribution in [0.5, 0.6) is 11.5 Å². The van der Waals surface area contributed by atoms with E-state index in [1.54, 1.807) is 30.3 Å². The van der Waals surface area contributed by atoms with Crippen molar-refractivity contribution in [2.24, 2.45) is 0 Å². The molecule has 0 radical (unpaired) electrons. The highest BCUT2D eigenvalue weighted by atomic mass is 79.9. The van der Waals surface area contributed by atoms with E-state index < -0.39 is 11.9 Å². The van der Waals surface area contributed by atoms with Crippen LogP contribution in [-0.2, 0) is 4.74 Å². The van der Waals surface area contributed by atoms with Crippen LogP contribution >= 0.6 is 15.9 Å². The molecular weight excluding hydrogens is 364 g/mol. The summed E-state index contributed by atoms with van der Waals surface area (Å²) in [6.07, 6.45) is 0. The standard InChI is InChI=1S/C17H15BrO5/c1-3-22-15-9-8-11(10-13(15)18)16(19)23-14-7-5-4-6-12(14)17(20)21-2/h4-10H,3H2,1-2H3. The Balaban J connectivity index is 2.23. The minimum absolute atomic E-state index is 0.148. The molecule has 2 aromatic carbocycles. The largest absolute Gasteiger partial charge is 0.493 e. The predicted octanol–water partition coefficient (Wildman–Crippen LogP) is 3.85. The fraction of sp³-hybridized carbons (Fsp3) is 0.176. The van der Waals surface area contributed by atoms with Crippen LogP contribution in [-0.4, -0.2) is 25.7 Å². The molecule has 0 N–H and O–H groups in total. The van der Waals surface area contributed by atoms with Gasteiger partial charge in [-0.05, 0) is 53.2 Å². The van der Waals surface area contributed by atoms with E-state index in [1.165, 1.54) is 19.2 Å². The van der Waals surface area contributed by atoms with E-state index in [1.807, 2.05) is 6.92 Å². The van der Waals surface area contributed by atoms with Crippen LogP contribution in [0.3, 0.4) is 0 Å². The molecule has 6 heteroatoms. The fourth-order valence-corrected chi connectivity index (χ4v) is 2.39. The second kappa shape index (κ2) is 7.78. The lowest BCUT2D eigenvalue weighted by molar-refractivity contribution is 0.0593. The Morgan fingerprint density at radius 1 is 1.04 bits per heavy atom. The van der Waals surface area contributed by atoms with Crippen molar-refractivity contribution in [3.8, 4) is 11.5 Å². The number of hydrogen-bond donors (Lipinski definition) is 0. The van der Waals surface area contributed by atoms with Gasteiger partial charge in [0.1, 0.15) is 17.1 Å². The number of rotatable bonds is 5. The van der Waals surface area contributed by atoms with Crippen molar-refractivity contribution in [3.63, 3.8) is 0 Å². The normalized spacial score (nSPS) is 10.0. The molecule has 0 aromatic heterocycles. The van der Waals surface area contributed by atoms with Crippen LogP contribution in [0, 0.1) is 0 Å². The van der Waals surface area contributed by atoms with Crippen molar-refractivity contribution in [2.75, 3.05) is 13.7 Å². The molecule has 0 atom stereocenters. The number of para-hydroxylation sites is 1. The lowest BCUT2D eigenvalue weighted by Crippen LogP contribution is -2.12. The minimum Gasteiger partial charge on any atom is -0.493 e. The predicted molar refractivity (Wildman–Crippen MR) is 88.1 cm³/mol. The number of esters is 2. The summed E-state index contributed by atoms with van der Waals surface area (Å²) in [7, 11) is 1.27. The minimum atomic E-state index is -0.579. The zero-order chi connectivity index (χ0) is 16.8. The number of carbonyl (C=O) groups is 2. The van der Waals surface area contributed by atoms with Gasteiger partial charge in [0, 0.05) is 0 Å². The Morgan fingerprint density at radius 3 is 2.43 bits per heavy atom. The molecular formula is C17H15BrO5. The van der Waals surface area contributed by atoms with E-state index in [0.29, 0.717) is 22.4 Å². The molecule has 5 nitrogen and oxygen atoms in total. The molecule has 0 unspecified atom stereocenters. The highest BCUT2D eigenvalue weighted by molar-refractivity contribution is 9.10. The Hall–Kier alpha value is -2.34. The fourth-order valence-electron chi connectivity index (χ4n) is 1.89. The van der Waals surface area contributed by atoms with Gasteiger partial charge < -0.3 is 14.2 Å². The summed E-state index contributed by atoms with van der Waals surface area (Å²) in [5.41, 5.74) is 0.522. The van der Waals surface area contributed by atoms with Crippen molar-refractivity contribution >= 4 is 27.9 Å². The van der Waals surface area contributed by atoms with Gasteiger partial charge in [-0.15, -0.1) is 0 Å². The highest BCUT2D eigenvalue weighted by Gasteiger charge is 2.17. The van der Waals surface area contributed by atoms with Crippen molar-refractivity contribution in [3.05, 3.63) is 58.1 Å². The average molecular weight is 379 g/mol. The summed E-state index contributed by atoms with van der Waals surface area (Å²) >= 11 is 3.34. The third-order valence-corrected chi connectivity index (χ3v) is 3.58. The molecule has 0 amide bonds. The molecule has 0 aliphatic heterocycles. The summed E-state index contributed by atoms with van der Waals surface area (Å²) < 4.78 is 16.0. The van der Waals surface area contributed by atoms with Gasteiger partial charge in [0.15, 0.2) is 0 Å². The van der Waals surface area contributed by atoms with Gasteiger partial charge in [-0.3, -0.25) is 0 Å². The van der Waals surface area contributed by atoms with Gasteiger partial charge in [-0.1, -0.05) is 12.1 Å². The summed E-state index contributed by atoms with van der Waals surface area (Å²) in [6.45, 7) is 2.40. The topological polar surface area (TPSA) is 61.8 Å². The van der Waals surface area contributed by atoms with E-state index in [9.17, 15) is 9.59 Å². The van der Waals surface area contributed by atoms with Gasteiger partial charge in [0.25, 0.3) is 0 Å². The number of carbonyl (C=O) groups excluding carboxylic acids is 2. The summed E-state index contributed by atoms with van der Waals surface area (Å²) in [4.78, 5) is 23.9. The van der Waals surface area contributed by atoms with Crippen LogP contribution in [0.25, 0.3) is 0 Å². The molecule has 23 heavy (non-hydrogen) atoms. The van der Waals surface area contributed by atoms with Crippen LogP contribution in [0.15, 0.2) is 46.9 Å². The lowest BCUT2D eigenvalue weighted by atomic mass is 10.2. The van der Waals surface area contributed by atoms with Gasteiger partial charge in [0.05, 0.1) is 23.8 Å². The van der Waals surface area contributed by atoms with Crippen LogP contribution in [0.2, 0.25) is 0 Å². The van der Waals surface area contributed by atoms with Gasteiger partial charge in [-0.25, -0.2) is 9.59 Å².